The number of allylic oxidation sites excluding steroid dienone is 2. The van der Waals surface area contributed by atoms with Crippen LogP contribution >= 0.6 is 14.5 Å². The van der Waals surface area contributed by atoms with Gasteiger partial charge in [0.2, 0.25) is 0 Å². The van der Waals surface area contributed by atoms with Gasteiger partial charge in [0.1, 0.15) is 46.4 Å². The zero-order valence-corrected chi connectivity index (χ0v) is 40.4. The molecule has 0 saturated heterocycles. The maximum atomic E-state index is 2.60. The van der Waals surface area contributed by atoms with Crippen molar-refractivity contribution in [3.05, 3.63) is 229 Å². The molecule has 0 aliphatic rings. The molecule has 2 heteroatoms. The van der Waals surface area contributed by atoms with Gasteiger partial charge in [-0.25, -0.2) is 0 Å². The van der Waals surface area contributed by atoms with Crippen LogP contribution in [0, 0.1) is 0 Å². The molecule has 0 fully saturated rings. The Kier molecular flexibility index (Phi) is 18.2. The van der Waals surface area contributed by atoms with Crippen molar-refractivity contribution in [3.63, 3.8) is 0 Å². The molecule has 64 heavy (non-hydrogen) atoms. The molecule has 0 unspecified atom stereocenters. The molecule has 7 aromatic carbocycles. The van der Waals surface area contributed by atoms with Gasteiger partial charge in [-0.15, -0.1) is 0 Å². The van der Waals surface area contributed by atoms with E-state index in [9.17, 15) is 0 Å². The molecule has 0 nitrogen and oxygen atoms in total. The molecule has 0 radical (unpaired) electrons. The summed E-state index contributed by atoms with van der Waals surface area (Å²) in [4.78, 5) is 0. The highest BCUT2D eigenvalue weighted by atomic mass is 31.2. The molecular formula is C62H70P2+2. The highest BCUT2D eigenvalue weighted by Gasteiger charge is 2.45. The van der Waals surface area contributed by atoms with Crippen molar-refractivity contribution in [2.45, 2.75) is 90.9 Å². The third-order valence-corrected chi connectivity index (χ3v) is 21.6. The Morgan fingerprint density at radius 1 is 0.312 bits per heavy atom. The van der Waals surface area contributed by atoms with E-state index in [0.29, 0.717) is 0 Å². The number of benzene rings is 7. The monoisotopic (exact) mass is 876 g/mol. The predicted molar refractivity (Wildman–Crippen MR) is 289 cm³/mol. The molecule has 0 bridgehead atoms. The molecule has 0 aromatic heterocycles. The van der Waals surface area contributed by atoms with Crippen molar-refractivity contribution in [1.82, 2.24) is 0 Å². The van der Waals surface area contributed by atoms with E-state index in [1.807, 2.05) is 0 Å². The zero-order valence-electron chi connectivity index (χ0n) is 38.6. The summed E-state index contributed by atoms with van der Waals surface area (Å²) in [6.07, 6.45) is 27.0. The van der Waals surface area contributed by atoms with Gasteiger partial charge >= 0.3 is 0 Å². The molecule has 7 rings (SSSR count). The second-order valence-electron chi connectivity index (χ2n) is 17.4. The highest BCUT2D eigenvalue weighted by Crippen LogP contribution is 2.56. The van der Waals surface area contributed by atoms with Crippen LogP contribution in [0.3, 0.4) is 0 Å². The molecule has 0 N–H and O–H groups in total. The molecule has 7 aromatic rings. The molecular weight excluding hydrogens is 807 g/mol. The van der Waals surface area contributed by atoms with E-state index in [1.165, 1.54) is 118 Å². The predicted octanol–water partition coefficient (Wildman–Crippen LogP) is 14.7. The Morgan fingerprint density at radius 3 is 0.812 bits per heavy atom. The topological polar surface area (TPSA) is 0 Å². The van der Waals surface area contributed by atoms with Crippen molar-refractivity contribution in [2.75, 3.05) is 12.3 Å². The van der Waals surface area contributed by atoms with E-state index in [2.05, 4.69) is 232 Å². The molecule has 0 aliphatic heterocycles. The van der Waals surface area contributed by atoms with E-state index in [0.717, 1.165) is 25.2 Å². The second-order valence-corrected chi connectivity index (χ2v) is 24.4. The first-order valence-electron chi connectivity index (χ1n) is 24.3. The fraction of sp³-hybridized carbons (Fsp3) is 0.258. The number of hydrogen-bond acceptors (Lipinski definition) is 0. The lowest BCUT2D eigenvalue weighted by Gasteiger charge is -2.26. The van der Waals surface area contributed by atoms with Crippen molar-refractivity contribution in [3.8, 4) is 0 Å². The van der Waals surface area contributed by atoms with Gasteiger partial charge in [-0.3, -0.25) is 0 Å². The first-order chi connectivity index (χ1) is 31.7. The van der Waals surface area contributed by atoms with Gasteiger partial charge in [0.25, 0.3) is 0 Å². The van der Waals surface area contributed by atoms with Crippen molar-refractivity contribution >= 4 is 58.5 Å². The van der Waals surface area contributed by atoms with Crippen molar-refractivity contribution in [2.24, 2.45) is 0 Å². The Hall–Kier alpha value is -5.12. The zero-order chi connectivity index (χ0) is 44.1. The van der Waals surface area contributed by atoms with Crippen LogP contribution in [0.1, 0.15) is 100 Å². The maximum absolute atomic E-state index is 2.60. The minimum atomic E-state index is -1.99. The largest absolute Gasteiger partial charge is 0.115 e. The molecule has 0 atom stereocenters. The summed E-state index contributed by atoms with van der Waals surface area (Å²) in [6, 6.07) is 73.2. The van der Waals surface area contributed by atoms with Crippen LogP contribution in [0.4, 0.5) is 0 Å². The standard InChI is InChI=1S/C62H70P2/c1-3-5-7-9-17-33-53-51-56(36-32-50-64(60-43-25-14-26-44-60,61-45-27-15-28-46-61)62-47-29-16-30-48-62)54(34-18-10-8-6-4-2)52-55(53)35-31-49-63(57-37-19-11-20-38-57,58-39-21-12-22-40-58)59-41-23-13-24-42-59/h11-16,19-32,35-48,51-52H,3-10,17-18,33-34,49-50H2,1-2H3/q+2. The van der Waals surface area contributed by atoms with Crippen LogP contribution in [0.15, 0.2) is 206 Å². The van der Waals surface area contributed by atoms with E-state index >= 15 is 0 Å². The number of rotatable bonds is 24. The summed E-state index contributed by atoms with van der Waals surface area (Å²) in [5, 5.41) is 8.59. The van der Waals surface area contributed by atoms with Crippen LogP contribution in [-0.4, -0.2) is 12.3 Å². The molecule has 326 valence electrons. The maximum Gasteiger partial charge on any atom is 0.115 e. The first-order valence-corrected chi connectivity index (χ1v) is 28.2. The van der Waals surface area contributed by atoms with Crippen LogP contribution in [0.2, 0.25) is 0 Å². The quantitative estimate of drug-likeness (QED) is 0.0419. The molecule has 0 spiro atoms. The SMILES string of the molecule is CCCCCCCc1cc(C=CC[P+](c2ccccc2)(c2ccccc2)c2ccccc2)c(CCCCCCC)cc1C=CC[P+](c1ccccc1)(c1ccccc1)c1ccccc1. The average Bonchev–Trinajstić information content (AvgIpc) is 3.36. The lowest BCUT2D eigenvalue weighted by molar-refractivity contribution is 0.629. The minimum absolute atomic E-state index is 0.971. The summed E-state index contributed by atoms with van der Waals surface area (Å²) in [5.74, 6) is 0. The van der Waals surface area contributed by atoms with Crippen LogP contribution in [0.25, 0.3) is 12.2 Å². The van der Waals surface area contributed by atoms with Gasteiger partial charge in [0, 0.05) is 0 Å². The van der Waals surface area contributed by atoms with Gasteiger partial charge in [0.15, 0.2) is 0 Å². The molecule has 0 aliphatic carbocycles. The van der Waals surface area contributed by atoms with Gasteiger partial charge in [-0.1, -0.05) is 199 Å². The van der Waals surface area contributed by atoms with Crippen LogP contribution < -0.4 is 31.8 Å². The smallest absolute Gasteiger partial charge is 0.0654 e. The normalized spacial score (nSPS) is 12.0. The highest BCUT2D eigenvalue weighted by molar-refractivity contribution is 7.96. The van der Waals surface area contributed by atoms with E-state index in [-0.39, 0.29) is 0 Å². The third-order valence-electron chi connectivity index (χ3n) is 13.0. The Labute approximate surface area is 388 Å². The summed E-state index contributed by atoms with van der Waals surface area (Å²) < 4.78 is 0. The van der Waals surface area contributed by atoms with Crippen molar-refractivity contribution < 1.29 is 0 Å². The Balaban J connectivity index is 1.31. The summed E-state index contributed by atoms with van der Waals surface area (Å²) in [5.41, 5.74) is 5.78. The Bertz CT molecular complexity index is 2070. The fourth-order valence-corrected chi connectivity index (χ4v) is 17.6. The first kappa shape index (κ1) is 46.9. The summed E-state index contributed by atoms with van der Waals surface area (Å²) >= 11 is 0. The summed E-state index contributed by atoms with van der Waals surface area (Å²) in [6.45, 7) is 4.63. The molecule has 0 saturated carbocycles. The number of hydrogen-bond donors (Lipinski definition) is 0. The van der Waals surface area contributed by atoms with Gasteiger partial charge < -0.3 is 0 Å². The van der Waals surface area contributed by atoms with E-state index in [1.54, 1.807) is 0 Å². The lowest BCUT2D eigenvalue weighted by Crippen LogP contribution is -2.32. The van der Waals surface area contributed by atoms with Crippen molar-refractivity contribution in [1.29, 1.82) is 0 Å². The van der Waals surface area contributed by atoms with E-state index in [4.69, 9.17) is 0 Å². The summed E-state index contributed by atoms with van der Waals surface area (Å²) in [7, 11) is -3.98. The van der Waals surface area contributed by atoms with Gasteiger partial charge in [-0.2, -0.15) is 0 Å². The second kappa shape index (κ2) is 24.8. The van der Waals surface area contributed by atoms with Gasteiger partial charge in [-0.05, 0) is 133 Å². The lowest BCUT2D eigenvalue weighted by atomic mass is 9.91. The van der Waals surface area contributed by atoms with E-state index < -0.39 is 14.5 Å². The van der Waals surface area contributed by atoms with Crippen LogP contribution in [0.5, 0.6) is 0 Å². The average molecular weight is 877 g/mol. The van der Waals surface area contributed by atoms with Gasteiger partial charge in [0.05, 0.1) is 12.3 Å². The van der Waals surface area contributed by atoms with Crippen LogP contribution in [-0.2, 0) is 12.8 Å². The Morgan fingerprint density at radius 2 is 0.562 bits per heavy atom. The molecule has 0 amide bonds. The third kappa shape index (κ3) is 11.8. The minimum Gasteiger partial charge on any atom is -0.0654 e. The molecule has 0 heterocycles. The number of aryl methyl sites for hydroxylation is 2. The fourth-order valence-electron chi connectivity index (χ4n) is 9.61. The number of unbranched alkanes of at least 4 members (excludes halogenated alkanes) is 8.